The molecule has 1 saturated carbocycles. The Morgan fingerprint density at radius 3 is 2.85 bits per heavy atom. The maximum absolute atomic E-state index is 12.0. The maximum atomic E-state index is 12.0. The van der Waals surface area contributed by atoms with Crippen LogP contribution in [0.4, 0.5) is 0 Å². The third kappa shape index (κ3) is 2.80. The molecule has 0 saturated heterocycles. The van der Waals surface area contributed by atoms with E-state index in [0.29, 0.717) is 5.92 Å². The lowest BCUT2D eigenvalue weighted by molar-refractivity contribution is -0.122. The fourth-order valence-corrected chi connectivity index (χ4v) is 3.09. The SMILES string of the molecule is Cc1ccsc1/C=N\NC(=O)[C@@H]1C[C@@H]1c1ccccc1. The number of rotatable bonds is 4. The fraction of sp³-hybridized carbons (Fsp3) is 0.250. The predicted molar refractivity (Wildman–Crippen MR) is 82.1 cm³/mol. The third-order valence-electron chi connectivity index (χ3n) is 3.61. The molecule has 102 valence electrons. The molecule has 2 atom stereocenters. The summed E-state index contributed by atoms with van der Waals surface area (Å²) in [7, 11) is 0. The Labute approximate surface area is 122 Å². The molecule has 1 amide bonds. The van der Waals surface area contributed by atoms with Crippen molar-refractivity contribution in [2.24, 2.45) is 11.0 Å². The molecule has 0 spiro atoms. The number of nitrogens with one attached hydrogen (secondary N) is 1. The lowest BCUT2D eigenvalue weighted by Gasteiger charge is -1.99. The quantitative estimate of drug-likeness (QED) is 0.679. The molecule has 1 aromatic carbocycles. The summed E-state index contributed by atoms with van der Waals surface area (Å²) in [6.45, 7) is 2.03. The van der Waals surface area contributed by atoms with E-state index in [-0.39, 0.29) is 11.8 Å². The molecule has 2 aromatic rings. The molecule has 1 aliphatic rings. The van der Waals surface area contributed by atoms with E-state index in [2.05, 4.69) is 22.7 Å². The molecule has 20 heavy (non-hydrogen) atoms. The van der Waals surface area contributed by atoms with Gasteiger partial charge in [-0.2, -0.15) is 5.10 Å². The molecule has 0 aliphatic heterocycles. The van der Waals surface area contributed by atoms with E-state index in [0.717, 1.165) is 11.3 Å². The minimum Gasteiger partial charge on any atom is -0.273 e. The second-order valence-corrected chi connectivity index (χ2v) is 6.01. The van der Waals surface area contributed by atoms with Crippen molar-refractivity contribution in [2.75, 3.05) is 0 Å². The number of aryl methyl sites for hydroxylation is 1. The van der Waals surface area contributed by atoms with Crippen LogP contribution in [-0.4, -0.2) is 12.1 Å². The van der Waals surface area contributed by atoms with Gasteiger partial charge in [0.15, 0.2) is 0 Å². The van der Waals surface area contributed by atoms with Crippen LogP contribution in [0, 0.1) is 12.8 Å². The Bertz CT molecular complexity index is 633. The van der Waals surface area contributed by atoms with Crippen molar-refractivity contribution in [3.63, 3.8) is 0 Å². The molecule has 3 nitrogen and oxygen atoms in total. The van der Waals surface area contributed by atoms with Gasteiger partial charge in [-0.3, -0.25) is 4.79 Å². The molecule has 1 aromatic heterocycles. The zero-order valence-corrected chi connectivity index (χ0v) is 12.1. The van der Waals surface area contributed by atoms with Gasteiger partial charge in [-0.15, -0.1) is 11.3 Å². The Morgan fingerprint density at radius 1 is 1.35 bits per heavy atom. The molecular weight excluding hydrogens is 268 g/mol. The van der Waals surface area contributed by atoms with Crippen molar-refractivity contribution >= 4 is 23.5 Å². The normalized spacial score (nSPS) is 21.1. The summed E-state index contributed by atoms with van der Waals surface area (Å²) in [5.74, 6) is 0.443. The van der Waals surface area contributed by atoms with Gasteiger partial charge in [-0.1, -0.05) is 30.3 Å². The van der Waals surface area contributed by atoms with Crippen molar-refractivity contribution in [1.29, 1.82) is 0 Å². The van der Waals surface area contributed by atoms with E-state index < -0.39 is 0 Å². The number of hydrazone groups is 1. The predicted octanol–water partition coefficient (Wildman–Crippen LogP) is 3.31. The Balaban J connectivity index is 1.54. The Hall–Kier alpha value is -1.94. The molecule has 0 radical (unpaired) electrons. The first-order valence-electron chi connectivity index (χ1n) is 6.67. The lowest BCUT2D eigenvalue weighted by atomic mass is 10.1. The lowest BCUT2D eigenvalue weighted by Crippen LogP contribution is -2.20. The van der Waals surface area contributed by atoms with Gasteiger partial charge in [0.1, 0.15) is 0 Å². The fourth-order valence-electron chi connectivity index (χ4n) is 2.31. The highest BCUT2D eigenvalue weighted by Gasteiger charge is 2.43. The van der Waals surface area contributed by atoms with E-state index in [4.69, 9.17) is 0 Å². The monoisotopic (exact) mass is 284 g/mol. The average molecular weight is 284 g/mol. The zero-order valence-electron chi connectivity index (χ0n) is 11.2. The highest BCUT2D eigenvalue weighted by atomic mass is 32.1. The molecule has 1 heterocycles. The van der Waals surface area contributed by atoms with E-state index >= 15 is 0 Å². The highest BCUT2D eigenvalue weighted by molar-refractivity contribution is 7.11. The first-order chi connectivity index (χ1) is 9.75. The van der Waals surface area contributed by atoms with Crippen LogP contribution in [0.15, 0.2) is 46.9 Å². The first kappa shape index (κ1) is 13.1. The minimum absolute atomic E-state index is 0.0179. The number of amides is 1. The molecule has 4 heteroatoms. The number of carbonyl (C=O) groups is 1. The van der Waals surface area contributed by atoms with Crippen LogP contribution >= 0.6 is 11.3 Å². The van der Waals surface area contributed by atoms with Crippen LogP contribution in [0.5, 0.6) is 0 Å². The van der Waals surface area contributed by atoms with Gasteiger partial charge in [-0.05, 0) is 41.8 Å². The number of carbonyl (C=O) groups excluding carboxylic acids is 1. The van der Waals surface area contributed by atoms with E-state index in [9.17, 15) is 4.79 Å². The average Bonchev–Trinajstić information content (AvgIpc) is 3.18. The van der Waals surface area contributed by atoms with Gasteiger partial charge in [0.05, 0.1) is 6.21 Å². The van der Waals surface area contributed by atoms with E-state index in [1.54, 1.807) is 17.6 Å². The summed E-state index contributed by atoms with van der Waals surface area (Å²) in [6.07, 6.45) is 2.64. The van der Waals surface area contributed by atoms with E-state index in [1.165, 1.54) is 11.1 Å². The molecule has 0 bridgehead atoms. The Kier molecular flexibility index (Phi) is 3.65. The smallest absolute Gasteiger partial charge is 0.243 e. The Morgan fingerprint density at radius 2 is 2.15 bits per heavy atom. The van der Waals surface area contributed by atoms with Gasteiger partial charge >= 0.3 is 0 Å². The maximum Gasteiger partial charge on any atom is 0.243 e. The minimum atomic E-state index is 0.0179. The summed E-state index contributed by atoms with van der Waals surface area (Å²) >= 11 is 1.62. The van der Waals surface area contributed by atoms with Crippen LogP contribution in [0.2, 0.25) is 0 Å². The van der Waals surface area contributed by atoms with Crippen molar-refractivity contribution in [1.82, 2.24) is 5.43 Å². The van der Waals surface area contributed by atoms with Crippen molar-refractivity contribution in [3.8, 4) is 0 Å². The number of hydrogen-bond acceptors (Lipinski definition) is 3. The summed E-state index contributed by atoms with van der Waals surface area (Å²) in [5.41, 5.74) is 5.07. The largest absolute Gasteiger partial charge is 0.273 e. The van der Waals surface area contributed by atoms with Gasteiger partial charge in [0, 0.05) is 10.8 Å². The molecule has 0 unspecified atom stereocenters. The molecule has 1 fully saturated rings. The molecule has 3 rings (SSSR count). The van der Waals surface area contributed by atoms with Crippen molar-refractivity contribution < 1.29 is 4.79 Å². The molecule has 1 N–H and O–H groups in total. The second kappa shape index (κ2) is 5.59. The van der Waals surface area contributed by atoms with Gasteiger partial charge in [-0.25, -0.2) is 5.43 Å². The number of hydrogen-bond donors (Lipinski definition) is 1. The van der Waals surface area contributed by atoms with Crippen LogP contribution in [-0.2, 0) is 4.79 Å². The third-order valence-corrected chi connectivity index (χ3v) is 4.57. The topological polar surface area (TPSA) is 41.5 Å². The van der Waals surface area contributed by atoms with Gasteiger partial charge in [0.25, 0.3) is 0 Å². The standard InChI is InChI=1S/C16H16N2OS/c1-11-7-8-20-15(11)10-17-18-16(19)14-9-13(14)12-5-3-2-4-6-12/h2-8,10,13-14H,9H2,1H3,(H,18,19)/b17-10-/t13-,14-/m1/s1. The summed E-state index contributed by atoms with van der Waals surface area (Å²) in [4.78, 5) is 13.1. The number of nitrogens with zero attached hydrogens (tertiary/aromatic N) is 1. The van der Waals surface area contributed by atoms with Gasteiger partial charge < -0.3 is 0 Å². The summed E-state index contributed by atoms with van der Waals surface area (Å²) in [5, 5.41) is 6.07. The van der Waals surface area contributed by atoms with Crippen molar-refractivity contribution in [3.05, 3.63) is 57.8 Å². The summed E-state index contributed by atoms with van der Waals surface area (Å²) in [6, 6.07) is 12.2. The second-order valence-electron chi connectivity index (χ2n) is 5.06. The van der Waals surface area contributed by atoms with Crippen LogP contribution in [0.25, 0.3) is 0 Å². The molecule has 1 aliphatic carbocycles. The zero-order chi connectivity index (χ0) is 13.9. The van der Waals surface area contributed by atoms with Crippen LogP contribution in [0.1, 0.15) is 28.3 Å². The summed E-state index contributed by atoms with van der Waals surface area (Å²) < 4.78 is 0. The number of benzene rings is 1. The van der Waals surface area contributed by atoms with Gasteiger partial charge in [0.2, 0.25) is 5.91 Å². The number of thiophene rings is 1. The van der Waals surface area contributed by atoms with Crippen LogP contribution < -0.4 is 5.43 Å². The van der Waals surface area contributed by atoms with Crippen molar-refractivity contribution in [2.45, 2.75) is 19.3 Å². The van der Waals surface area contributed by atoms with E-state index in [1.807, 2.05) is 36.6 Å². The first-order valence-corrected chi connectivity index (χ1v) is 7.55. The highest BCUT2D eigenvalue weighted by Crippen LogP contribution is 2.47. The molecular formula is C16H16N2OS. The van der Waals surface area contributed by atoms with Crippen LogP contribution in [0.3, 0.4) is 0 Å².